The fraction of sp³-hybridized carbons (Fsp3) is 0.300. The third kappa shape index (κ3) is 4.25. The second-order valence-electron chi connectivity index (χ2n) is 5.49. The van der Waals surface area contributed by atoms with E-state index in [2.05, 4.69) is 15.3 Å². The zero-order valence-electron chi connectivity index (χ0n) is 16.0. The molecule has 1 N–H and O–H groups in total. The minimum absolute atomic E-state index is 0.643. The zero-order valence-corrected chi connectivity index (χ0v) is 16.0. The lowest BCUT2D eigenvalue weighted by Gasteiger charge is -2.13. The van der Waals surface area contributed by atoms with Crippen LogP contribution in [0.1, 0.15) is 25.0 Å². The molecule has 0 aliphatic heterocycles. The fourth-order valence-corrected chi connectivity index (χ4v) is 2.62. The molecule has 1 aromatic heterocycles. The van der Waals surface area contributed by atoms with Crippen LogP contribution in [0, 0.1) is 6.92 Å². The number of hydrogen-bond donors (Lipinski definition) is 1. The summed E-state index contributed by atoms with van der Waals surface area (Å²) in [6.07, 6.45) is 1.53. The summed E-state index contributed by atoms with van der Waals surface area (Å²) in [5, 5.41) is 4.24. The van der Waals surface area contributed by atoms with E-state index in [4.69, 9.17) is 17.3 Å². The van der Waals surface area contributed by atoms with Crippen molar-refractivity contribution < 1.29 is 9.47 Å². The Morgan fingerprint density at radius 3 is 2.35 bits per heavy atom. The normalized spacial score (nSPS) is 10.0. The third-order valence-electron chi connectivity index (χ3n) is 3.95. The number of aryl methyl sites for hydroxylation is 1. The lowest BCUT2D eigenvalue weighted by Crippen LogP contribution is -2.08. The Balaban J connectivity index is 0.00000117. The van der Waals surface area contributed by atoms with E-state index in [1.54, 1.807) is 14.2 Å². The lowest BCUT2D eigenvalue weighted by atomic mass is 9.92. The monoisotopic (exact) mass is 349 g/mol. The maximum absolute atomic E-state index is 5.80. The highest BCUT2D eigenvalue weighted by molar-refractivity contribution is 6.32. The van der Waals surface area contributed by atoms with Crippen molar-refractivity contribution >= 4 is 30.0 Å². The number of nitrogens with one attached hydrogen (secondary N) is 1. The Bertz CT molecular complexity index is 884. The predicted molar refractivity (Wildman–Crippen MR) is 108 cm³/mol. The summed E-state index contributed by atoms with van der Waals surface area (Å²) >= 11 is 0. The van der Waals surface area contributed by atoms with Crippen LogP contribution in [0.2, 0.25) is 0 Å². The van der Waals surface area contributed by atoms with Crippen molar-refractivity contribution in [2.75, 3.05) is 19.5 Å². The van der Waals surface area contributed by atoms with Gasteiger partial charge in [-0.25, -0.2) is 9.97 Å². The zero-order chi connectivity index (χ0) is 19.1. The van der Waals surface area contributed by atoms with E-state index >= 15 is 0 Å². The number of aromatic nitrogens is 2. The van der Waals surface area contributed by atoms with E-state index in [-0.39, 0.29) is 0 Å². The van der Waals surface area contributed by atoms with Crippen molar-refractivity contribution in [1.82, 2.24) is 9.97 Å². The van der Waals surface area contributed by atoms with E-state index < -0.39 is 0 Å². The molecule has 0 atom stereocenters. The van der Waals surface area contributed by atoms with Gasteiger partial charge in [0.05, 0.1) is 19.7 Å². The van der Waals surface area contributed by atoms with Crippen molar-refractivity contribution in [3.8, 4) is 11.5 Å². The molecule has 3 rings (SSSR count). The smallest absolute Gasteiger partial charge is 0.162 e. The number of methoxy groups -OCH3 is 2. The van der Waals surface area contributed by atoms with Crippen LogP contribution in [0.3, 0.4) is 0 Å². The maximum atomic E-state index is 5.80. The number of benzene rings is 2. The van der Waals surface area contributed by atoms with Crippen LogP contribution in [0.15, 0.2) is 36.7 Å². The number of ether oxygens (including phenoxy) is 2. The number of rotatable bonds is 5. The van der Waals surface area contributed by atoms with Gasteiger partial charge >= 0.3 is 0 Å². The molecule has 0 saturated carbocycles. The fourth-order valence-electron chi connectivity index (χ4n) is 2.62. The minimum Gasteiger partial charge on any atom is -0.493 e. The first-order valence-electron chi connectivity index (χ1n) is 8.58. The second-order valence-corrected chi connectivity index (χ2v) is 5.49. The minimum atomic E-state index is 0.643. The van der Waals surface area contributed by atoms with Crippen LogP contribution < -0.4 is 20.3 Å². The van der Waals surface area contributed by atoms with Gasteiger partial charge in [0, 0.05) is 18.0 Å². The van der Waals surface area contributed by atoms with Gasteiger partial charge in [0.15, 0.2) is 11.5 Å². The van der Waals surface area contributed by atoms with Gasteiger partial charge in [-0.05, 0) is 24.1 Å². The molecule has 0 aliphatic carbocycles. The van der Waals surface area contributed by atoms with Crippen LogP contribution in [0.25, 0.3) is 10.9 Å². The molecular weight excluding hydrogens is 325 g/mol. The predicted octanol–water partition coefficient (Wildman–Crippen LogP) is 3.39. The summed E-state index contributed by atoms with van der Waals surface area (Å²) in [6.45, 7) is 6.69. The topological polar surface area (TPSA) is 56.3 Å². The quantitative estimate of drug-likeness (QED) is 0.716. The molecule has 26 heavy (non-hydrogen) atoms. The Kier molecular flexibility index (Phi) is 6.84. The Hall–Kier alpha value is -2.76. The van der Waals surface area contributed by atoms with Crippen LogP contribution in [-0.2, 0) is 6.54 Å². The van der Waals surface area contributed by atoms with E-state index in [1.807, 2.05) is 51.1 Å². The van der Waals surface area contributed by atoms with Crippen LogP contribution in [0.4, 0.5) is 5.82 Å². The average Bonchev–Trinajstić information content (AvgIpc) is 2.67. The van der Waals surface area contributed by atoms with Crippen molar-refractivity contribution in [2.45, 2.75) is 27.3 Å². The largest absolute Gasteiger partial charge is 0.493 e. The van der Waals surface area contributed by atoms with E-state index in [0.29, 0.717) is 18.0 Å². The average molecular weight is 349 g/mol. The highest BCUT2D eigenvalue weighted by Crippen LogP contribution is 2.33. The molecule has 2 aromatic carbocycles. The molecule has 6 heteroatoms. The number of hydrogen-bond acceptors (Lipinski definition) is 5. The summed E-state index contributed by atoms with van der Waals surface area (Å²) in [5.41, 5.74) is 3.86. The SMILES string of the molecule is CC.[B]c1ccc(CNc2ncnc3cc(OC)c(OC)cc23)c(C)c1. The van der Waals surface area contributed by atoms with Gasteiger partial charge in [0.1, 0.15) is 20.0 Å². The summed E-state index contributed by atoms with van der Waals surface area (Å²) in [6, 6.07) is 9.60. The molecule has 0 aliphatic rings. The van der Waals surface area contributed by atoms with Gasteiger partial charge in [-0.15, -0.1) is 0 Å². The number of anilines is 1. The number of nitrogens with zero attached hydrogens (tertiary/aromatic N) is 2. The summed E-state index contributed by atoms with van der Waals surface area (Å²) in [4.78, 5) is 8.66. The van der Waals surface area contributed by atoms with Crippen molar-refractivity contribution in [1.29, 1.82) is 0 Å². The molecular formula is C20H24BN3O2. The summed E-state index contributed by atoms with van der Waals surface area (Å²) < 4.78 is 10.7. The molecule has 3 aromatic rings. The third-order valence-corrected chi connectivity index (χ3v) is 3.95. The molecule has 0 bridgehead atoms. The van der Waals surface area contributed by atoms with E-state index in [0.717, 1.165) is 33.3 Å². The van der Waals surface area contributed by atoms with Crippen LogP contribution in [-0.4, -0.2) is 32.0 Å². The molecule has 0 fully saturated rings. The van der Waals surface area contributed by atoms with Gasteiger partial charge in [0.2, 0.25) is 0 Å². The standard InChI is InChI=1S/C18H18BN3O2.C2H6/c1-11-6-13(19)5-4-12(11)9-20-18-14-7-16(23-2)17(24-3)8-15(14)21-10-22-18;1-2/h4-8,10H,9H2,1-3H3,(H,20,21,22);1-2H3. The maximum Gasteiger partial charge on any atom is 0.162 e. The molecule has 1 heterocycles. The molecule has 134 valence electrons. The first-order valence-corrected chi connectivity index (χ1v) is 8.58. The first-order chi connectivity index (χ1) is 12.6. The number of fused-ring (bicyclic) bond motifs is 1. The van der Waals surface area contributed by atoms with Gasteiger partial charge < -0.3 is 14.8 Å². The molecule has 0 spiro atoms. The Labute approximate surface area is 156 Å². The molecule has 5 nitrogen and oxygen atoms in total. The van der Waals surface area contributed by atoms with E-state index in [9.17, 15) is 0 Å². The van der Waals surface area contributed by atoms with Gasteiger partial charge in [-0.3, -0.25) is 0 Å². The van der Waals surface area contributed by atoms with Gasteiger partial charge in [0.25, 0.3) is 0 Å². The Morgan fingerprint density at radius 1 is 1.00 bits per heavy atom. The molecule has 0 amide bonds. The van der Waals surface area contributed by atoms with Gasteiger partial charge in [-0.1, -0.05) is 37.5 Å². The molecule has 2 radical (unpaired) electrons. The molecule has 0 saturated heterocycles. The summed E-state index contributed by atoms with van der Waals surface area (Å²) in [5.74, 6) is 2.03. The first kappa shape index (κ1) is 19.6. The van der Waals surface area contributed by atoms with E-state index in [1.165, 1.54) is 6.33 Å². The van der Waals surface area contributed by atoms with Gasteiger partial charge in [-0.2, -0.15) is 0 Å². The highest BCUT2D eigenvalue weighted by Gasteiger charge is 2.11. The van der Waals surface area contributed by atoms with Crippen molar-refractivity contribution in [2.24, 2.45) is 0 Å². The van der Waals surface area contributed by atoms with Crippen molar-refractivity contribution in [3.63, 3.8) is 0 Å². The van der Waals surface area contributed by atoms with Crippen LogP contribution in [0.5, 0.6) is 11.5 Å². The Morgan fingerprint density at radius 2 is 1.69 bits per heavy atom. The van der Waals surface area contributed by atoms with Crippen LogP contribution >= 0.6 is 0 Å². The molecule has 0 unspecified atom stereocenters. The summed E-state index contributed by atoms with van der Waals surface area (Å²) in [7, 11) is 9.02. The second kappa shape index (κ2) is 9.08. The lowest BCUT2D eigenvalue weighted by molar-refractivity contribution is 0.356. The van der Waals surface area contributed by atoms with Crippen molar-refractivity contribution in [3.05, 3.63) is 47.8 Å². The highest BCUT2D eigenvalue weighted by atomic mass is 16.5.